The minimum absolute atomic E-state index is 0.00202. The Bertz CT molecular complexity index is 940. The van der Waals surface area contributed by atoms with Crippen LogP contribution in [-0.4, -0.2) is 36.9 Å². The molecule has 0 N–H and O–H groups in total. The van der Waals surface area contributed by atoms with Crippen molar-refractivity contribution < 1.29 is 9.21 Å². The number of amides is 1. The average Bonchev–Trinajstić information content (AvgIpc) is 2.91. The maximum Gasteiger partial charge on any atom is 0.254 e. The van der Waals surface area contributed by atoms with Crippen LogP contribution in [0.1, 0.15) is 32.8 Å². The van der Waals surface area contributed by atoms with Gasteiger partial charge in [-0.15, -0.1) is 0 Å². The van der Waals surface area contributed by atoms with Crippen LogP contribution in [0.2, 0.25) is 0 Å². The van der Waals surface area contributed by atoms with Crippen LogP contribution >= 0.6 is 0 Å². The summed E-state index contributed by atoms with van der Waals surface area (Å²) in [4.78, 5) is 16.7. The molecule has 1 heterocycles. The van der Waals surface area contributed by atoms with Gasteiger partial charge in [-0.1, -0.05) is 30.3 Å². The van der Waals surface area contributed by atoms with Crippen molar-refractivity contribution in [3.05, 3.63) is 70.5 Å². The highest BCUT2D eigenvalue weighted by atomic mass is 16.3. The number of hydrogen-bond donors (Lipinski definition) is 0. The van der Waals surface area contributed by atoms with Crippen molar-refractivity contribution >= 4 is 16.9 Å². The van der Waals surface area contributed by atoms with Crippen LogP contribution in [0.15, 0.2) is 46.9 Å². The van der Waals surface area contributed by atoms with Crippen LogP contribution in [0.25, 0.3) is 11.0 Å². The molecule has 0 saturated heterocycles. The Hall–Kier alpha value is -2.59. The lowest BCUT2D eigenvalue weighted by Gasteiger charge is -2.17. The van der Waals surface area contributed by atoms with Gasteiger partial charge in [-0.3, -0.25) is 4.79 Å². The molecule has 4 heteroatoms. The lowest BCUT2D eigenvalue weighted by atomic mass is 10.1. The number of furan rings is 1. The van der Waals surface area contributed by atoms with Crippen LogP contribution in [0, 0.1) is 13.8 Å². The molecule has 1 aromatic heterocycles. The first-order valence-corrected chi connectivity index (χ1v) is 8.83. The fourth-order valence-corrected chi connectivity index (χ4v) is 3.26. The molecule has 0 spiro atoms. The van der Waals surface area contributed by atoms with Gasteiger partial charge in [0, 0.05) is 30.1 Å². The molecule has 1 amide bonds. The molecule has 0 unspecified atom stereocenters. The third kappa shape index (κ3) is 3.65. The number of carbonyl (C=O) groups is 1. The number of carbonyl (C=O) groups excluding carboxylic acids is 1. The summed E-state index contributed by atoms with van der Waals surface area (Å²) in [5.41, 5.74) is 4.96. The first kappa shape index (κ1) is 18.2. The minimum atomic E-state index is 0.00202. The Morgan fingerprint density at radius 3 is 2.42 bits per heavy atom. The zero-order valence-electron chi connectivity index (χ0n) is 16.2. The van der Waals surface area contributed by atoms with Crippen molar-refractivity contribution in [1.29, 1.82) is 0 Å². The second-order valence-corrected chi connectivity index (χ2v) is 7.20. The van der Waals surface area contributed by atoms with E-state index in [0.29, 0.717) is 12.1 Å². The molecule has 26 heavy (non-hydrogen) atoms. The number of fused-ring (bicyclic) bond motifs is 1. The number of nitrogens with zero attached hydrogens (tertiary/aromatic N) is 2. The summed E-state index contributed by atoms with van der Waals surface area (Å²) in [6, 6.07) is 14.0. The van der Waals surface area contributed by atoms with Gasteiger partial charge in [-0.2, -0.15) is 0 Å². The number of rotatable bonds is 5. The van der Waals surface area contributed by atoms with E-state index in [1.807, 2.05) is 64.5 Å². The fraction of sp³-hybridized carbons (Fsp3) is 0.318. The Labute approximate surface area is 155 Å². The molecule has 2 aromatic carbocycles. The molecule has 0 aliphatic rings. The second-order valence-electron chi connectivity index (χ2n) is 7.20. The van der Waals surface area contributed by atoms with E-state index in [0.717, 1.165) is 40.0 Å². The van der Waals surface area contributed by atoms with Gasteiger partial charge >= 0.3 is 0 Å². The number of benzene rings is 2. The van der Waals surface area contributed by atoms with Crippen molar-refractivity contribution in [2.24, 2.45) is 0 Å². The molecule has 3 rings (SSSR count). The highest BCUT2D eigenvalue weighted by Crippen LogP contribution is 2.28. The average molecular weight is 350 g/mol. The molecule has 0 atom stereocenters. The quantitative estimate of drug-likeness (QED) is 0.685. The van der Waals surface area contributed by atoms with Crippen LogP contribution in [0.4, 0.5) is 0 Å². The summed E-state index contributed by atoms with van der Waals surface area (Å²) >= 11 is 0. The van der Waals surface area contributed by atoms with Crippen molar-refractivity contribution in [2.45, 2.75) is 26.9 Å². The van der Waals surface area contributed by atoms with Crippen molar-refractivity contribution in [2.75, 3.05) is 21.1 Å². The Kier molecular flexibility index (Phi) is 5.14. The van der Waals surface area contributed by atoms with E-state index in [2.05, 4.69) is 17.9 Å². The first-order valence-electron chi connectivity index (χ1n) is 8.83. The van der Waals surface area contributed by atoms with Gasteiger partial charge in [0.05, 0.1) is 6.54 Å². The summed E-state index contributed by atoms with van der Waals surface area (Å²) in [5, 5.41) is 1.12. The zero-order chi connectivity index (χ0) is 18.8. The van der Waals surface area contributed by atoms with Gasteiger partial charge in [-0.25, -0.2) is 0 Å². The molecule has 0 fully saturated rings. The molecule has 3 aromatic rings. The van der Waals surface area contributed by atoms with Crippen molar-refractivity contribution in [3.8, 4) is 0 Å². The van der Waals surface area contributed by atoms with E-state index in [1.54, 1.807) is 4.90 Å². The third-order valence-corrected chi connectivity index (χ3v) is 4.66. The Balaban J connectivity index is 1.82. The lowest BCUT2D eigenvalue weighted by Crippen LogP contribution is -2.26. The van der Waals surface area contributed by atoms with Crippen LogP contribution in [0.3, 0.4) is 0 Å². The van der Waals surface area contributed by atoms with Crippen molar-refractivity contribution in [1.82, 2.24) is 9.80 Å². The van der Waals surface area contributed by atoms with Gasteiger partial charge in [0.15, 0.2) is 0 Å². The van der Waals surface area contributed by atoms with E-state index >= 15 is 0 Å². The molecule has 0 aliphatic heterocycles. The number of para-hydroxylation sites is 1. The van der Waals surface area contributed by atoms with Gasteiger partial charge in [0.2, 0.25) is 0 Å². The van der Waals surface area contributed by atoms with Crippen LogP contribution in [-0.2, 0) is 13.1 Å². The summed E-state index contributed by atoms with van der Waals surface area (Å²) < 4.78 is 6.06. The van der Waals surface area contributed by atoms with Gasteiger partial charge in [0.1, 0.15) is 11.3 Å². The highest BCUT2D eigenvalue weighted by Gasteiger charge is 2.18. The summed E-state index contributed by atoms with van der Waals surface area (Å²) in [5.74, 6) is 0.844. The van der Waals surface area contributed by atoms with E-state index < -0.39 is 0 Å². The first-order chi connectivity index (χ1) is 12.4. The largest absolute Gasteiger partial charge is 0.459 e. The molecule has 136 valence electrons. The van der Waals surface area contributed by atoms with Crippen LogP contribution in [0.5, 0.6) is 0 Å². The zero-order valence-corrected chi connectivity index (χ0v) is 16.2. The van der Waals surface area contributed by atoms with Gasteiger partial charge in [-0.05, 0) is 51.2 Å². The fourth-order valence-electron chi connectivity index (χ4n) is 3.26. The monoisotopic (exact) mass is 350 g/mol. The predicted molar refractivity (Wildman–Crippen MR) is 105 cm³/mol. The maximum absolute atomic E-state index is 12.9. The molecule has 4 nitrogen and oxygen atoms in total. The molecule has 0 bridgehead atoms. The minimum Gasteiger partial charge on any atom is -0.459 e. The second kappa shape index (κ2) is 7.34. The third-order valence-electron chi connectivity index (χ3n) is 4.66. The molecule has 0 aliphatic carbocycles. The van der Waals surface area contributed by atoms with E-state index in [9.17, 15) is 4.79 Å². The van der Waals surface area contributed by atoms with Crippen LogP contribution < -0.4 is 0 Å². The van der Waals surface area contributed by atoms with E-state index in [-0.39, 0.29) is 5.91 Å². The lowest BCUT2D eigenvalue weighted by molar-refractivity contribution is 0.0775. The summed E-state index contributed by atoms with van der Waals surface area (Å²) in [6.07, 6.45) is 0. The normalized spacial score (nSPS) is 11.3. The Morgan fingerprint density at radius 2 is 1.73 bits per heavy atom. The molecule has 0 radical (unpaired) electrons. The smallest absolute Gasteiger partial charge is 0.254 e. The SMILES string of the molecule is Cc1c(CN(C)C(=O)c2cccc(CN(C)C)c2)oc2c(C)cccc12. The van der Waals surface area contributed by atoms with Gasteiger partial charge in [0.25, 0.3) is 5.91 Å². The summed E-state index contributed by atoms with van der Waals surface area (Å²) in [6.45, 7) is 5.36. The molecular formula is C22H26N2O2. The predicted octanol–water partition coefficient (Wildman–Crippen LogP) is 4.38. The standard InChI is InChI=1S/C22H26N2O2/c1-15-8-6-11-19-16(2)20(26-21(15)19)14-24(5)22(25)18-10-7-9-17(12-18)13-23(3)4/h6-12H,13-14H2,1-5H3. The van der Waals surface area contributed by atoms with E-state index in [1.165, 1.54) is 0 Å². The van der Waals surface area contributed by atoms with Gasteiger partial charge < -0.3 is 14.2 Å². The summed E-state index contributed by atoms with van der Waals surface area (Å²) in [7, 11) is 5.86. The topological polar surface area (TPSA) is 36.7 Å². The number of hydrogen-bond acceptors (Lipinski definition) is 3. The van der Waals surface area contributed by atoms with E-state index in [4.69, 9.17) is 4.42 Å². The maximum atomic E-state index is 12.9. The molecule has 0 saturated carbocycles. The molecular weight excluding hydrogens is 324 g/mol. The highest BCUT2D eigenvalue weighted by molar-refractivity contribution is 5.94. The van der Waals surface area contributed by atoms with Crippen molar-refractivity contribution in [3.63, 3.8) is 0 Å². The Morgan fingerprint density at radius 1 is 1.00 bits per heavy atom. The number of aryl methyl sites for hydroxylation is 2.